The summed E-state index contributed by atoms with van der Waals surface area (Å²) < 4.78 is 10.7. The van der Waals surface area contributed by atoms with Crippen LogP contribution in [0.25, 0.3) is 0 Å². The van der Waals surface area contributed by atoms with E-state index >= 15 is 0 Å². The summed E-state index contributed by atoms with van der Waals surface area (Å²) in [6, 6.07) is 1.79. The van der Waals surface area contributed by atoms with Gasteiger partial charge in [0.05, 0.1) is 11.7 Å². The first-order valence-electron chi connectivity index (χ1n) is 9.49. The lowest BCUT2D eigenvalue weighted by atomic mass is 9.91. The Morgan fingerprint density at radius 2 is 2.08 bits per heavy atom. The zero-order valence-corrected chi connectivity index (χ0v) is 15.7. The van der Waals surface area contributed by atoms with Crippen molar-refractivity contribution < 1.29 is 14.1 Å². The number of carbonyl (C=O) groups excluding carboxylic acids is 1. The van der Waals surface area contributed by atoms with Crippen LogP contribution < -0.4 is 5.32 Å². The Morgan fingerprint density at radius 1 is 1.32 bits per heavy atom. The average Bonchev–Trinajstić information content (AvgIpc) is 3.16. The molecule has 0 spiro atoms. The van der Waals surface area contributed by atoms with Crippen molar-refractivity contribution in [3.05, 3.63) is 11.8 Å². The summed E-state index contributed by atoms with van der Waals surface area (Å²) in [7, 11) is 0. The maximum absolute atomic E-state index is 12.7. The van der Waals surface area contributed by atoms with Gasteiger partial charge in [0.1, 0.15) is 0 Å². The largest absolute Gasteiger partial charge is 0.381 e. The molecule has 140 valence electrons. The fraction of sp³-hybridized carbons (Fsp3) is 0.789. The molecular formula is C19H31N3O3. The van der Waals surface area contributed by atoms with Crippen LogP contribution in [0.4, 0.5) is 5.88 Å². The van der Waals surface area contributed by atoms with Gasteiger partial charge in [-0.1, -0.05) is 25.9 Å². The highest BCUT2D eigenvalue weighted by Crippen LogP contribution is 2.25. The van der Waals surface area contributed by atoms with Crippen molar-refractivity contribution in [1.82, 2.24) is 10.1 Å². The van der Waals surface area contributed by atoms with Gasteiger partial charge in [0.2, 0.25) is 11.8 Å². The molecule has 0 bridgehead atoms. The third-order valence-electron chi connectivity index (χ3n) is 5.02. The number of aromatic nitrogens is 1. The second kappa shape index (κ2) is 7.87. The summed E-state index contributed by atoms with van der Waals surface area (Å²) >= 11 is 0. The molecule has 6 heteroatoms. The molecule has 0 radical (unpaired) electrons. The van der Waals surface area contributed by atoms with Crippen molar-refractivity contribution in [3.63, 3.8) is 0 Å². The normalized spacial score (nSPS) is 23.1. The fourth-order valence-corrected chi connectivity index (χ4v) is 3.80. The molecule has 25 heavy (non-hydrogen) atoms. The zero-order valence-electron chi connectivity index (χ0n) is 15.7. The number of anilines is 1. The molecular weight excluding hydrogens is 318 g/mol. The number of likely N-dealkylation sites (tertiary alicyclic amines) is 1. The Morgan fingerprint density at radius 3 is 2.80 bits per heavy atom. The minimum atomic E-state index is -0.0565. The lowest BCUT2D eigenvalue weighted by Crippen LogP contribution is -2.42. The number of rotatable bonds is 5. The highest BCUT2D eigenvalue weighted by Gasteiger charge is 2.33. The van der Waals surface area contributed by atoms with Crippen LogP contribution in [0.5, 0.6) is 0 Å². The van der Waals surface area contributed by atoms with Crippen LogP contribution in [0.1, 0.15) is 52.1 Å². The Balaban J connectivity index is 1.54. The van der Waals surface area contributed by atoms with E-state index in [1.54, 1.807) is 0 Å². The third kappa shape index (κ3) is 5.28. The van der Waals surface area contributed by atoms with Gasteiger partial charge in [-0.05, 0) is 50.0 Å². The third-order valence-corrected chi connectivity index (χ3v) is 5.02. The minimum absolute atomic E-state index is 0.0306. The van der Waals surface area contributed by atoms with Crippen molar-refractivity contribution in [3.8, 4) is 0 Å². The summed E-state index contributed by atoms with van der Waals surface area (Å²) in [6.07, 6.45) is 5.02. The second-order valence-corrected chi connectivity index (χ2v) is 8.62. The Labute approximate surface area is 150 Å². The SMILES string of the molecule is CC(C)(C)Cc1cc(NC(=O)[C@@H]2CCCN2CC2CCOCC2)on1. The molecule has 2 aliphatic rings. The zero-order chi connectivity index (χ0) is 17.9. The maximum Gasteiger partial charge on any atom is 0.244 e. The topological polar surface area (TPSA) is 67.6 Å². The molecule has 0 aromatic carbocycles. The van der Waals surface area contributed by atoms with Crippen molar-refractivity contribution in [2.24, 2.45) is 11.3 Å². The number of hydrogen-bond donors (Lipinski definition) is 1. The van der Waals surface area contributed by atoms with Gasteiger partial charge in [-0.25, -0.2) is 0 Å². The smallest absolute Gasteiger partial charge is 0.244 e. The van der Waals surface area contributed by atoms with Gasteiger partial charge in [0.15, 0.2) is 0 Å². The van der Waals surface area contributed by atoms with E-state index in [9.17, 15) is 4.79 Å². The van der Waals surface area contributed by atoms with E-state index in [1.807, 2.05) is 6.07 Å². The fourth-order valence-electron chi connectivity index (χ4n) is 3.80. The van der Waals surface area contributed by atoms with Crippen LogP contribution in [-0.2, 0) is 16.0 Å². The summed E-state index contributed by atoms with van der Waals surface area (Å²) in [4.78, 5) is 15.0. The van der Waals surface area contributed by atoms with Crippen LogP contribution in [-0.4, -0.2) is 48.3 Å². The van der Waals surface area contributed by atoms with Crippen molar-refractivity contribution in [2.75, 3.05) is 31.6 Å². The molecule has 2 saturated heterocycles. The second-order valence-electron chi connectivity index (χ2n) is 8.62. The Hall–Kier alpha value is -1.40. The lowest BCUT2D eigenvalue weighted by molar-refractivity contribution is -0.120. The van der Waals surface area contributed by atoms with E-state index in [0.29, 0.717) is 11.8 Å². The Bertz CT molecular complexity index is 573. The maximum atomic E-state index is 12.7. The van der Waals surface area contributed by atoms with Gasteiger partial charge in [-0.15, -0.1) is 0 Å². The number of hydrogen-bond acceptors (Lipinski definition) is 5. The quantitative estimate of drug-likeness (QED) is 0.885. The van der Waals surface area contributed by atoms with Crippen LogP contribution in [0.2, 0.25) is 0 Å². The number of nitrogens with one attached hydrogen (secondary N) is 1. The molecule has 2 fully saturated rings. The number of amides is 1. The molecule has 1 aromatic rings. The van der Waals surface area contributed by atoms with Gasteiger partial charge >= 0.3 is 0 Å². The van der Waals surface area contributed by atoms with Crippen LogP contribution in [0, 0.1) is 11.3 Å². The molecule has 2 aliphatic heterocycles. The molecule has 1 amide bonds. The van der Waals surface area contributed by atoms with Gasteiger partial charge in [0.25, 0.3) is 0 Å². The van der Waals surface area contributed by atoms with Crippen LogP contribution in [0.3, 0.4) is 0 Å². The first-order chi connectivity index (χ1) is 11.9. The summed E-state index contributed by atoms with van der Waals surface area (Å²) in [5.41, 5.74) is 1.03. The molecule has 1 N–H and O–H groups in total. The molecule has 0 unspecified atom stereocenters. The van der Waals surface area contributed by atoms with Gasteiger partial charge < -0.3 is 9.26 Å². The molecule has 0 saturated carbocycles. The van der Waals surface area contributed by atoms with Crippen molar-refractivity contribution in [1.29, 1.82) is 0 Å². The monoisotopic (exact) mass is 349 g/mol. The van der Waals surface area contributed by atoms with E-state index in [-0.39, 0.29) is 17.4 Å². The van der Waals surface area contributed by atoms with E-state index in [4.69, 9.17) is 9.26 Å². The first-order valence-corrected chi connectivity index (χ1v) is 9.49. The van der Waals surface area contributed by atoms with E-state index < -0.39 is 0 Å². The predicted octanol–water partition coefficient (Wildman–Crippen LogP) is 3.09. The number of ether oxygens (including phenoxy) is 1. The summed E-state index contributed by atoms with van der Waals surface area (Å²) in [6.45, 7) is 10.2. The van der Waals surface area contributed by atoms with Crippen molar-refractivity contribution >= 4 is 11.8 Å². The van der Waals surface area contributed by atoms with E-state index in [0.717, 1.165) is 64.1 Å². The van der Waals surface area contributed by atoms with Crippen molar-refractivity contribution in [2.45, 2.75) is 58.9 Å². The number of nitrogens with zero attached hydrogens (tertiary/aromatic N) is 2. The average molecular weight is 349 g/mol. The highest BCUT2D eigenvalue weighted by molar-refractivity contribution is 5.93. The van der Waals surface area contributed by atoms with Gasteiger partial charge in [0, 0.05) is 25.8 Å². The van der Waals surface area contributed by atoms with Gasteiger partial charge in [-0.3, -0.25) is 15.0 Å². The number of carbonyl (C=O) groups is 1. The minimum Gasteiger partial charge on any atom is -0.381 e. The predicted molar refractivity (Wildman–Crippen MR) is 96.4 cm³/mol. The molecule has 3 rings (SSSR count). The molecule has 1 atom stereocenters. The highest BCUT2D eigenvalue weighted by atomic mass is 16.5. The Kier molecular flexibility index (Phi) is 5.79. The standard InChI is InChI=1S/C19H31N3O3/c1-19(2,3)12-15-11-17(25-21-15)20-18(23)16-5-4-8-22(16)13-14-6-9-24-10-7-14/h11,14,16H,4-10,12-13H2,1-3H3,(H,20,23)/t16-/m0/s1. The van der Waals surface area contributed by atoms with Crippen LogP contribution in [0.15, 0.2) is 10.6 Å². The molecule has 1 aromatic heterocycles. The molecule has 3 heterocycles. The van der Waals surface area contributed by atoms with Crippen LogP contribution >= 0.6 is 0 Å². The van der Waals surface area contributed by atoms with Gasteiger partial charge in [-0.2, -0.15) is 0 Å². The lowest BCUT2D eigenvalue weighted by Gasteiger charge is -2.30. The molecule has 6 nitrogen and oxygen atoms in total. The van der Waals surface area contributed by atoms with E-state index in [1.165, 1.54) is 0 Å². The molecule has 0 aliphatic carbocycles. The first kappa shape index (κ1) is 18.4. The summed E-state index contributed by atoms with van der Waals surface area (Å²) in [5.74, 6) is 1.14. The summed E-state index contributed by atoms with van der Waals surface area (Å²) in [5, 5.41) is 7.00. The van der Waals surface area contributed by atoms with E-state index in [2.05, 4.69) is 36.1 Å².